The van der Waals surface area contributed by atoms with Crippen molar-refractivity contribution in [2.24, 2.45) is 5.73 Å². The number of amides is 2. The summed E-state index contributed by atoms with van der Waals surface area (Å²) in [5, 5.41) is 12.0. The first-order valence-corrected chi connectivity index (χ1v) is 11.5. The molecule has 0 unspecified atom stereocenters. The van der Waals surface area contributed by atoms with Gasteiger partial charge >= 0.3 is 0 Å². The van der Waals surface area contributed by atoms with Crippen LogP contribution in [0, 0.1) is 6.92 Å². The minimum Gasteiger partial charge on any atom is -0.486 e. The molecule has 0 aliphatic heterocycles. The van der Waals surface area contributed by atoms with E-state index >= 15 is 0 Å². The number of aryl methyl sites for hydroxylation is 1. The third-order valence-corrected chi connectivity index (χ3v) is 5.82. The van der Waals surface area contributed by atoms with E-state index in [0.29, 0.717) is 22.2 Å². The summed E-state index contributed by atoms with van der Waals surface area (Å²) in [6.07, 6.45) is 0. The number of hydrogen-bond donors (Lipinski definition) is 2. The van der Waals surface area contributed by atoms with Gasteiger partial charge in [0.2, 0.25) is 11.8 Å². The fraction of sp³-hybridized carbons (Fsp3) is 0.120. The van der Waals surface area contributed by atoms with Gasteiger partial charge in [-0.1, -0.05) is 47.7 Å². The van der Waals surface area contributed by atoms with Gasteiger partial charge in [0.05, 0.1) is 5.75 Å². The Morgan fingerprint density at radius 1 is 0.971 bits per heavy atom. The summed E-state index contributed by atoms with van der Waals surface area (Å²) in [7, 11) is 0. The third-order valence-electron chi connectivity index (χ3n) is 4.89. The molecule has 9 heteroatoms. The van der Waals surface area contributed by atoms with Crippen LogP contribution in [0.4, 0.5) is 5.69 Å². The standard InChI is InChI=1S/C25H23N5O3S/c1-17-7-13-21(14-8-17)33-15-22-28-29-25(30(22)20-5-3-2-4-6-20)34-16-23(31)27-19-11-9-18(10-12-19)24(26)32/h2-14H,15-16H2,1H3,(H2,26,32)(H,27,31). The molecule has 0 atom stereocenters. The van der Waals surface area contributed by atoms with Crippen LogP contribution < -0.4 is 15.8 Å². The summed E-state index contributed by atoms with van der Waals surface area (Å²) in [6.45, 7) is 2.25. The van der Waals surface area contributed by atoms with Crippen molar-refractivity contribution < 1.29 is 14.3 Å². The van der Waals surface area contributed by atoms with E-state index in [9.17, 15) is 9.59 Å². The summed E-state index contributed by atoms with van der Waals surface area (Å²) in [6, 6.07) is 23.9. The third kappa shape index (κ3) is 5.81. The number of thioether (sulfide) groups is 1. The molecule has 0 saturated carbocycles. The highest BCUT2D eigenvalue weighted by Gasteiger charge is 2.16. The maximum Gasteiger partial charge on any atom is 0.248 e. The zero-order chi connectivity index (χ0) is 23.9. The molecule has 172 valence electrons. The van der Waals surface area contributed by atoms with Gasteiger partial charge in [0.25, 0.3) is 0 Å². The van der Waals surface area contributed by atoms with Crippen molar-refractivity contribution in [3.8, 4) is 11.4 Å². The van der Waals surface area contributed by atoms with Crippen LogP contribution >= 0.6 is 11.8 Å². The lowest BCUT2D eigenvalue weighted by Crippen LogP contribution is -2.15. The molecule has 1 heterocycles. The molecule has 0 aliphatic rings. The molecule has 4 aromatic rings. The second kappa shape index (κ2) is 10.7. The van der Waals surface area contributed by atoms with Crippen molar-refractivity contribution >= 4 is 29.3 Å². The van der Waals surface area contributed by atoms with Crippen molar-refractivity contribution in [1.82, 2.24) is 14.8 Å². The molecular weight excluding hydrogens is 450 g/mol. The van der Waals surface area contributed by atoms with E-state index < -0.39 is 5.91 Å². The highest BCUT2D eigenvalue weighted by atomic mass is 32.2. The predicted octanol–water partition coefficient (Wildman–Crippen LogP) is 3.98. The summed E-state index contributed by atoms with van der Waals surface area (Å²) in [4.78, 5) is 23.7. The maximum atomic E-state index is 12.5. The summed E-state index contributed by atoms with van der Waals surface area (Å²) < 4.78 is 7.79. The Morgan fingerprint density at radius 2 is 1.68 bits per heavy atom. The monoisotopic (exact) mass is 473 g/mol. The van der Waals surface area contributed by atoms with Crippen molar-refractivity contribution in [1.29, 1.82) is 0 Å². The lowest BCUT2D eigenvalue weighted by Gasteiger charge is -2.11. The highest BCUT2D eigenvalue weighted by Crippen LogP contribution is 2.23. The Bertz CT molecular complexity index is 1270. The zero-order valence-corrected chi connectivity index (χ0v) is 19.3. The molecule has 4 rings (SSSR count). The first kappa shape index (κ1) is 23.1. The summed E-state index contributed by atoms with van der Waals surface area (Å²) in [5.74, 6) is 0.759. The second-order valence-corrected chi connectivity index (χ2v) is 8.39. The number of aromatic nitrogens is 3. The van der Waals surface area contributed by atoms with E-state index in [0.717, 1.165) is 17.0 Å². The maximum absolute atomic E-state index is 12.5. The van der Waals surface area contributed by atoms with E-state index in [-0.39, 0.29) is 18.3 Å². The van der Waals surface area contributed by atoms with Gasteiger partial charge in [-0.05, 0) is 55.5 Å². The Kier molecular flexibility index (Phi) is 7.24. The van der Waals surface area contributed by atoms with Crippen LogP contribution in [0.2, 0.25) is 0 Å². The summed E-state index contributed by atoms with van der Waals surface area (Å²) in [5.41, 5.74) is 8.23. The van der Waals surface area contributed by atoms with Crippen LogP contribution in [0.5, 0.6) is 5.75 Å². The largest absolute Gasteiger partial charge is 0.486 e. The molecule has 3 N–H and O–H groups in total. The number of nitrogens with zero attached hydrogens (tertiary/aromatic N) is 3. The number of primary amides is 1. The molecule has 0 aliphatic carbocycles. The van der Waals surface area contributed by atoms with Crippen molar-refractivity contribution in [2.45, 2.75) is 18.7 Å². The number of para-hydroxylation sites is 1. The highest BCUT2D eigenvalue weighted by molar-refractivity contribution is 7.99. The number of nitrogens with one attached hydrogen (secondary N) is 1. The normalized spacial score (nSPS) is 10.6. The van der Waals surface area contributed by atoms with Gasteiger partial charge in [0.15, 0.2) is 11.0 Å². The average Bonchev–Trinajstić information content (AvgIpc) is 3.26. The Morgan fingerprint density at radius 3 is 2.35 bits per heavy atom. The fourth-order valence-electron chi connectivity index (χ4n) is 3.15. The van der Waals surface area contributed by atoms with Gasteiger partial charge in [-0.3, -0.25) is 14.2 Å². The number of benzene rings is 3. The molecule has 0 saturated heterocycles. The van der Waals surface area contributed by atoms with E-state index in [2.05, 4.69) is 15.5 Å². The lowest BCUT2D eigenvalue weighted by atomic mass is 10.2. The van der Waals surface area contributed by atoms with Gasteiger partial charge < -0.3 is 15.8 Å². The van der Waals surface area contributed by atoms with Crippen LogP contribution in [0.3, 0.4) is 0 Å². The van der Waals surface area contributed by atoms with E-state index in [1.807, 2.05) is 66.1 Å². The number of ether oxygens (including phenoxy) is 1. The van der Waals surface area contributed by atoms with E-state index in [1.165, 1.54) is 11.8 Å². The topological polar surface area (TPSA) is 112 Å². The number of rotatable bonds is 9. The molecule has 8 nitrogen and oxygen atoms in total. The Balaban J connectivity index is 1.45. The first-order valence-electron chi connectivity index (χ1n) is 10.5. The minimum atomic E-state index is -0.518. The fourth-order valence-corrected chi connectivity index (χ4v) is 3.92. The average molecular weight is 474 g/mol. The molecule has 34 heavy (non-hydrogen) atoms. The number of hydrogen-bond acceptors (Lipinski definition) is 6. The number of nitrogens with two attached hydrogens (primary N) is 1. The van der Waals surface area contributed by atoms with Gasteiger partial charge in [0.1, 0.15) is 12.4 Å². The quantitative estimate of drug-likeness (QED) is 0.356. The lowest BCUT2D eigenvalue weighted by molar-refractivity contribution is -0.113. The Labute approximate surface area is 201 Å². The van der Waals surface area contributed by atoms with Crippen LogP contribution in [0.25, 0.3) is 5.69 Å². The second-order valence-electron chi connectivity index (χ2n) is 7.45. The van der Waals surface area contributed by atoms with Crippen molar-refractivity contribution in [3.05, 3.63) is 95.8 Å². The van der Waals surface area contributed by atoms with E-state index in [1.54, 1.807) is 24.3 Å². The Hall–Kier alpha value is -4.11. The van der Waals surface area contributed by atoms with Gasteiger partial charge in [-0.25, -0.2) is 0 Å². The van der Waals surface area contributed by atoms with Gasteiger partial charge in [-0.2, -0.15) is 0 Å². The first-order chi connectivity index (χ1) is 16.5. The molecular formula is C25H23N5O3S. The predicted molar refractivity (Wildman–Crippen MR) is 131 cm³/mol. The molecule has 0 spiro atoms. The molecule has 0 fully saturated rings. The zero-order valence-electron chi connectivity index (χ0n) is 18.5. The number of carbonyl (C=O) groups is 2. The van der Waals surface area contributed by atoms with Crippen molar-refractivity contribution in [2.75, 3.05) is 11.1 Å². The van der Waals surface area contributed by atoms with Gasteiger partial charge in [0, 0.05) is 16.9 Å². The molecule has 1 aromatic heterocycles. The van der Waals surface area contributed by atoms with Crippen LogP contribution in [0.1, 0.15) is 21.7 Å². The molecule has 0 radical (unpaired) electrons. The number of anilines is 1. The van der Waals surface area contributed by atoms with Gasteiger partial charge in [-0.15, -0.1) is 10.2 Å². The molecule has 0 bridgehead atoms. The number of carbonyl (C=O) groups excluding carboxylic acids is 2. The summed E-state index contributed by atoms with van der Waals surface area (Å²) >= 11 is 1.27. The minimum absolute atomic E-state index is 0.126. The van der Waals surface area contributed by atoms with Crippen molar-refractivity contribution in [3.63, 3.8) is 0 Å². The van der Waals surface area contributed by atoms with Crippen LogP contribution in [0.15, 0.2) is 84.0 Å². The van der Waals surface area contributed by atoms with Crippen LogP contribution in [-0.2, 0) is 11.4 Å². The van der Waals surface area contributed by atoms with Crippen LogP contribution in [-0.4, -0.2) is 32.3 Å². The van der Waals surface area contributed by atoms with E-state index in [4.69, 9.17) is 10.5 Å². The molecule has 3 aromatic carbocycles. The molecule has 2 amide bonds. The SMILES string of the molecule is Cc1ccc(OCc2nnc(SCC(=O)Nc3ccc(C(N)=O)cc3)n2-c2ccccc2)cc1. The smallest absolute Gasteiger partial charge is 0.248 e.